The quantitative estimate of drug-likeness (QED) is 0.0197. The number of phosphoric ester groups is 1. The molecule has 0 aromatic carbocycles. The summed E-state index contributed by atoms with van der Waals surface area (Å²) in [6.07, 6.45) is 75.9. The number of esters is 3. The van der Waals surface area contributed by atoms with Crippen molar-refractivity contribution < 1.29 is 52.2 Å². The van der Waals surface area contributed by atoms with Gasteiger partial charge in [0.15, 0.2) is 6.10 Å². The van der Waals surface area contributed by atoms with Crippen LogP contribution in [0.1, 0.15) is 252 Å². The van der Waals surface area contributed by atoms with Crippen LogP contribution in [0.15, 0.2) is 122 Å². The van der Waals surface area contributed by atoms with Crippen LogP contribution in [-0.4, -0.2) is 66.5 Å². The van der Waals surface area contributed by atoms with E-state index in [2.05, 4.69) is 130 Å². The van der Waals surface area contributed by atoms with Crippen molar-refractivity contribution in [2.75, 3.05) is 26.4 Å². The van der Waals surface area contributed by atoms with Crippen LogP contribution in [0.2, 0.25) is 0 Å². The first-order chi connectivity index (χ1) is 39.2. The third kappa shape index (κ3) is 58.5. The van der Waals surface area contributed by atoms with Gasteiger partial charge in [-0.2, -0.15) is 0 Å². The summed E-state index contributed by atoms with van der Waals surface area (Å²) >= 11 is 0. The summed E-state index contributed by atoms with van der Waals surface area (Å²) in [5.74, 6) is -1.60. The maximum absolute atomic E-state index is 12.9. The van der Waals surface area contributed by atoms with E-state index in [1.54, 1.807) is 0 Å². The van der Waals surface area contributed by atoms with E-state index in [9.17, 15) is 28.9 Å². The van der Waals surface area contributed by atoms with Gasteiger partial charge < -0.3 is 24.2 Å². The van der Waals surface area contributed by atoms with Crippen LogP contribution in [0.5, 0.6) is 0 Å². The molecular weight excluding hydrogens is 1020 g/mol. The fourth-order valence-electron chi connectivity index (χ4n) is 8.09. The number of rotatable bonds is 57. The Morgan fingerprint density at radius 1 is 0.362 bits per heavy atom. The molecule has 11 nitrogen and oxygen atoms in total. The van der Waals surface area contributed by atoms with Crippen LogP contribution in [0.3, 0.4) is 0 Å². The van der Waals surface area contributed by atoms with E-state index in [4.69, 9.17) is 23.3 Å². The molecule has 0 radical (unpaired) electrons. The Labute approximate surface area is 487 Å². The van der Waals surface area contributed by atoms with Crippen molar-refractivity contribution in [3.63, 3.8) is 0 Å². The number of ether oxygens (including phenoxy) is 3. The lowest BCUT2D eigenvalue weighted by molar-refractivity contribution is -0.161. The zero-order valence-electron chi connectivity index (χ0n) is 50.5. The first-order valence-electron chi connectivity index (χ1n) is 31.4. The van der Waals surface area contributed by atoms with Crippen LogP contribution in [0, 0.1) is 0 Å². The molecule has 3 atom stereocenters. The highest BCUT2D eigenvalue weighted by Crippen LogP contribution is 2.43. The highest BCUT2D eigenvalue weighted by Gasteiger charge is 2.28. The summed E-state index contributed by atoms with van der Waals surface area (Å²) in [6.45, 7) is 4.40. The fraction of sp³-hybridized carbons (Fsp3) is 0.662. The van der Waals surface area contributed by atoms with Gasteiger partial charge in [0.05, 0.1) is 19.8 Å². The van der Waals surface area contributed by atoms with Crippen LogP contribution in [0.4, 0.5) is 0 Å². The second-order valence-electron chi connectivity index (χ2n) is 20.5. The third-order valence-corrected chi connectivity index (χ3v) is 13.8. The monoisotopic (exact) mass is 1140 g/mol. The smallest absolute Gasteiger partial charge is 0.462 e. The molecule has 0 fully saturated rings. The number of allylic oxidation sites excluding steroid dienone is 20. The molecule has 0 aliphatic heterocycles. The molecule has 0 amide bonds. The Hall–Kier alpha value is -4.12. The van der Waals surface area contributed by atoms with Crippen molar-refractivity contribution in [1.29, 1.82) is 0 Å². The SMILES string of the molecule is CC/C=C\C/C=C\C/C=C\C/C=C\C/C=C\C/C=C\CCC(=O)OC(COC(=O)CCCCCCCC/C=C\C/C=C\C/C=C\CCCCC)COP(=O)(O)OCC(CO)OC(=O)CCCCCCC/C=C\CCCCCCCC. The number of hydrogen-bond donors (Lipinski definition) is 2. The minimum absolute atomic E-state index is 0.0332. The molecule has 80 heavy (non-hydrogen) atoms. The number of aliphatic hydroxyl groups excluding tert-OH is 1. The molecule has 0 aromatic heterocycles. The van der Waals surface area contributed by atoms with Gasteiger partial charge in [-0.3, -0.25) is 23.4 Å². The average molecular weight is 1140 g/mol. The molecule has 0 rings (SSSR count). The standard InChI is InChI=1S/C68H113O11P/c1-4-7-10-13-16-19-22-25-28-30-32-34-37-39-42-45-48-51-54-57-66(70)75-61-65(79-68(72)59-56-53-50-47-44-41-38-35-33-31-29-26-23-20-17-14-11-8-5-2)63-77-80(73,74)76-62-64(60-69)78-67(71)58-55-52-49-46-43-40-36-27-24-21-18-15-12-9-6-3/h8,11,16-17,19-20,25-29,32-36,41,44,50,53,64-65,69H,4-7,9-10,12-15,18,21-24,30-31,37-40,42-43,45-49,51-52,54-63H2,1-3H3,(H,73,74)/b11-8-,19-16-,20-17-,28-25-,29-26-,34-32-,35-33-,36-27-,44-41-,53-50-. The van der Waals surface area contributed by atoms with Crippen molar-refractivity contribution in [1.82, 2.24) is 0 Å². The number of aliphatic hydroxyl groups is 1. The molecule has 0 saturated heterocycles. The molecule has 0 aromatic rings. The zero-order chi connectivity index (χ0) is 58.3. The molecule has 0 bridgehead atoms. The fourth-order valence-corrected chi connectivity index (χ4v) is 8.87. The van der Waals surface area contributed by atoms with E-state index in [-0.39, 0.29) is 25.9 Å². The highest BCUT2D eigenvalue weighted by molar-refractivity contribution is 7.47. The third-order valence-electron chi connectivity index (χ3n) is 12.9. The molecule has 456 valence electrons. The van der Waals surface area contributed by atoms with Crippen LogP contribution in [0.25, 0.3) is 0 Å². The molecule has 0 heterocycles. The number of carbonyl (C=O) groups excluding carboxylic acids is 3. The summed E-state index contributed by atoms with van der Waals surface area (Å²) in [5.41, 5.74) is 0. The van der Waals surface area contributed by atoms with E-state index in [0.717, 1.165) is 122 Å². The molecular formula is C68H113O11P. The predicted octanol–water partition coefficient (Wildman–Crippen LogP) is 19.1. The van der Waals surface area contributed by atoms with E-state index in [0.29, 0.717) is 25.7 Å². The second kappa shape index (κ2) is 61.0. The van der Waals surface area contributed by atoms with Crippen molar-refractivity contribution in [3.8, 4) is 0 Å². The molecule has 2 N–H and O–H groups in total. The molecule has 0 saturated carbocycles. The van der Waals surface area contributed by atoms with Crippen molar-refractivity contribution in [3.05, 3.63) is 122 Å². The summed E-state index contributed by atoms with van der Waals surface area (Å²) in [4.78, 5) is 48.7. The maximum Gasteiger partial charge on any atom is 0.472 e. The minimum atomic E-state index is -4.78. The molecule has 12 heteroatoms. The molecule has 0 spiro atoms. The first kappa shape index (κ1) is 75.9. The Kier molecular flexibility index (Phi) is 57.8. The normalized spacial score (nSPS) is 14.1. The van der Waals surface area contributed by atoms with Crippen LogP contribution in [-0.2, 0) is 42.2 Å². The summed E-state index contributed by atoms with van der Waals surface area (Å²) in [5, 5.41) is 9.84. The van der Waals surface area contributed by atoms with Gasteiger partial charge in [-0.15, -0.1) is 0 Å². The lowest BCUT2D eigenvalue weighted by Gasteiger charge is -2.21. The zero-order valence-corrected chi connectivity index (χ0v) is 51.4. The Bertz CT molecular complexity index is 1800. The van der Waals surface area contributed by atoms with Crippen molar-refractivity contribution >= 4 is 25.7 Å². The minimum Gasteiger partial charge on any atom is -0.462 e. The predicted molar refractivity (Wildman–Crippen MR) is 334 cm³/mol. The van der Waals surface area contributed by atoms with Gasteiger partial charge in [0.1, 0.15) is 12.7 Å². The number of hydrogen-bond acceptors (Lipinski definition) is 10. The Balaban J connectivity index is 4.86. The van der Waals surface area contributed by atoms with Gasteiger partial charge >= 0.3 is 25.7 Å². The van der Waals surface area contributed by atoms with Gasteiger partial charge in [0, 0.05) is 19.3 Å². The van der Waals surface area contributed by atoms with Gasteiger partial charge in [-0.1, -0.05) is 232 Å². The lowest BCUT2D eigenvalue weighted by atomic mass is 10.1. The summed E-state index contributed by atoms with van der Waals surface area (Å²) in [6, 6.07) is 0. The Morgan fingerprint density at radius 2 is 0.675 bits per heavy atom. The average Bonchev–Trinajstić information content (AvgIpc) is 3.45. The van der Waals surface area contributed by atoms with E-state index in [1.807, 2.05) is 12.2 Å². The van der Waals surface area contributed by atoms with Crippen molar-refractivity contribution in [2.45, 2.75) is 264 Å². The van der Waals surface area contributed by atoms with Gasteiger partial charge in [-0.05, 0) is 122 Å². The maximum atomic E-state index is 12.9. The van der Waals surface area contributed by atoms with E-state index in [1.165, 1.54) is 64.2 Å². The molecule has 0 aliphatic carbocycles. The lowest BCUT2D eigenvalue weighted by Crippen LogP contribution is -2.30. The van der Waals surface area contributed by atoms with Crippen LogP contribution < -0.4 is 0 Å². The van der Waals surface area contributed by atoms with E-state index < -0.39 is 57.8 Å². The number of carbonyl (C=O) groups is 3. The van der Waals surface area contributed by atoms with Gasteiger partial charge in [-0.25, -0.2) is 4.57 Å². The van der Waals surface area contributed by atoms with Gasteiger partial charge in [0.25, 0.3) is 0 Å². The van der Waals surface area contributed by atoms with Gasteiger partial charge in [0.2, 0.25) is 0 Å². The van der Waals surface area contributed by atoms with E-state index >= 15 is 0 Å². The summed E-state index contributed by atoms with van der Waals surface area (Å²) in [7, 11) is -4.78. The van der Waals surface area contributed by atoms with Crippen molar-refractivity contribution in [2.24, 2.45) is 0 Å². The number of phosphoric acid groups is 1. The largest absolute Gasteiger partial charge is 0.472 e. The Morgan fingerprint density at radius 3 is 1.11 bits per heavy atom. The molecule has 3 unspecified atom stereocenters. The molecule has 0 aliphatic rings. The highest BCUT2D eigenvalue weighted by atomic mass is 31.2. The summed E-state index contributed by atoms with van der Waals surface area (Å²) < 4.78 is 39.5. The number of unbranched alkanes of at least 4 members (excludes halogenated alkanes) is 20. The first-order valence-corrected chi connectivity index (χ1v) is 32.9. The topological polar surface area (TPSA) is 155 Å². The van der Waals surface area contributed by atoms with Crippen LogP contribution >= 0.6 is 7.82 Å². The second-order valence-corrected chi connectivity index (χ2v) is 21.9.